The average Bonchev–Trinajstić information content (AvgIpc) is 3.04. The zero-order valence-electron chi connectivity index (χ0n) is 11.7. The number of amides is 2. The lowest BCUT2D eigenvalue weighted by Crippen LogP contribution is -2.45. The van der Waals surface area contributed by atoms with Gasteiger partial charge in [-0.05, 0) is 30.0 Å². The molecule has 0 spiro atoms. The summed E-state index contributed by atoms with van der Waals surface area (Å²) in [6.45, 7) is 2.73. The van der Waals surface area contributed by atoms with Crippen LogP contribution in [0.4, 0.5) is 9.18 Å². The van der Waals surface area contributed by atoms with Gasteiger partial charge in [0.1, 0.15) is 11.9 Å². The summed E-state index contributed by atoms with van der Waals surface area (Å²) in [5, 5.41) is 2.54. The molecule has 21 heavy (non-hydrogen) atoms. The first-order valence-corrected chi connectivity index (χ1v) is 8.04. The number of likely N-dealkylation sites (tertiary alicyclic amines) is 1. The van der Waals surface area contributed by atoms with Crippen molar-refractivity contribution >= 4 is 22.9 Å². The summed E-state index contributed by atoms with van der Waals surface area (Å²) in [6.07, 6.45) is 0.890. The first-order valence-electron chi connectivity index (χ1n) is 7.05. The number of benzene rings is 1. The standard InChI is InChI=1S/C15H17FN2O2S/c1-9-5-6-18(14(19)12-8-21-15(20)17-12)13(9)10-3-2-4-11(16)7-10/h2-4,7,9,12-13H,5-6,8H2,1H3,(H,17,20)/t9-,12+,13+/m1/s1. The van der Waals surface area contributed by atoms with Gasteiger partial charge in [0.2, 0.25) is 5.91 Å². The first-order chi connectivity index (χ1) is 10.1. The van der Waals surface area contributed by atoms with E-state index in [0.717, 1.165) is 23.7 Å². The summed E-state index contributed by atoms with van der Waals surface area (Å²) >= 11 is 1.14. The van der Waals surface area contributed by atoms with Gasteiger partial charge < -0.3 is 10.2 Å². The Balaban J connectivity index is 1.84. The maximum Gasteiger partial charge on any atom is 0.279 e. The van der Waals surface area contributed by atoms with E-state index in [1.165, 1.54) is 12.1 Å². The van der Waals surface area contributed by atoms with Crippen LogP contribution in [0, 0.1) is 11.7 Å². The van der Waals surface area contributed by atoms with E-state index in [-0.39, 0.29) is 28.9 Å². The lowest BCUT2D eigenvalue weighted by molar-refractivity contribution is -0.133. The smallest absolute Gasteiger partial charge is 0.279 e. The highest BCUT2D eigenvalue weighted by Crippen LogP contribution is 2.38. The van der Waals surface area contributed by atoms with E-state index in [1.807, 2.05) is 6.07 Å². The summed E-state index contributed by atoms with van der Waals surface area (Å²) in [5.74, 6) is 0.398. The molecule has 0 radical (unpaired) electrons. The molecular weight excluding hydrogens is 291 g/mol. The number of nitrogens with one attached hydrogen (secondary N) is 1. The van der Waals surface area contributed by atoms with E-state index >= 15 is 0 Å². The van der Waals surface area contributed by atoms with Crippen LogP contribution in [-0.4, -0.2) is 34.4 Å². The second kappa shape index (κ2) is 5.67. The van der Waals surface area contributed by atoms with Crippen LogP contribution in [0.1, 0.15) is 24.9 Å². The van der Waals surface area contributed by atoms with E-state index in [1.54, 1.807) is 11.0 Å². The summed E-state index contributed by atoms with van der Waals surface area (Å²) in [6, 6.07) is 5.86. The zero-order chi connectivity index (χ0) is 15.0. The SMILES string of the molecule is C[C@@H]1CCN(C(=O)[C@@H]2CSC(=O)N2)[C@@H]1c1cccc(F)c1. The maximum atomic E-state index is 13.5. The van der Waals surface area contributed by atoms with Gasteiger partial charge in [0.25, 0.3) is 5.24 Å². The third-order valence-electron chi connectivity index (χ3n) is 4.14. The number of thioether (sulfide) groups is 1. The van der Waals surface area contributed by atoms with Gasteiger partial charge in [-0.2, -0.15) is 0 Å². The molecule has 2 amide bonds. The van der Waals surface area contributed by atoms with Crippen LogP contribution in [0.15, 0.2) is 24.3 Å². The molecule has 2 heterocycles. The van der Waals surface area contributed by atoms with Crippen LogP contribution in [0.25, 0.3) is 0 Å². The van der Waals surface area contributed by atoms with Crippen molar-refractivity contribution in [3.8, 4) is 0 Å². The van der Waals surface area contributed by atoms with Gasteiger partial charge in [-0.1, -0.05) is 30.8 Å². The second-order valence-electron chi connectivity index (χ2n) is 5.59. The third kappa shape index (κ3) is 2.77. The summed E-state index contributed by atoms with van der Waals surface area (Å²) in [4.78, 5) is 25.7. The average molecular weight is 308 g/mol. The van der Waals surface area contributed by atoms with Crippen molar-refractivity contribution in [2.24, 2.45) is 5.92 Å². The lowest BCUT2D eigenvalue weighted by atomic mass is 9.95. The van der Waals surface area contributed by atoms with Crippen molar-refractivity contribution in [3.63, 3.8) is 0 Å². The fourth-order valence-corrected chi connectivity index (χ4v) is 3.88. The van der Waals surface area contributed by atoms with Crippen molar-refractivity contribution in [3.05, 3.63) is 35.6 Å². The van der Waals surface area contributed by atoms with Gasteiger partial charge in [-0.15, -0.1) is 0 Å². The van der Waals surface area contributed by atoms with Crippen LogP contribution in [0.5, 0.6) is 0 Å². The molecule has 0 aromatic heterocycles. The van der Waals surface area contributed by atoms with Crippen LogP contribution in [-0.2, 0) is 4.79 Å². The highest BCUT2D eigenvalue weighted by molar-refractivity contribution is 8.14. The minimum absolute atomic E-state index is 0.0630. The molecule has 1 aromatic carbocycles. The molecule has 112 valence electrons. The predicted octanol–water partition coefficient (Wildman–Crippen LogP) is 2.56. The molecule has 3 rings (SSSR count). The quantitative estimate of drug-likeness (QED) is 0.913. The number of hydrogen-bond donors (Lipinski definition) is 1. The molecule has 2 aliphatic rings. The number of nitrogens with zero attached hydrogens (tertiary/aromatic N) is 1. The molecule has 0 bridgehead atoms. The van der Waals surface area contributed by atoms with Crippen molar-refractivity contribution in [1.82, 2.24) is 10.2 Å². The fraction of sp³-hybridized carbons (Fsp3) is 0.467. The Morgan fingerprint density at radius 3 is 2.95 bits per heavy atom. The summed E-state index contributed by atoms with van der Waals surface area (Å²) < 4.78 is 13.5. The van der Waals surface area contributed by atoms with Crippen molar-refractivity contribution in [1.29, 1.82) is 0 Å². The van der Waals surface area contributed by atoms with Crippen LogP contribution < -0.4 is 5.32 Å². The van der Waals surface area contributed by atoms with Gasteiger partial charge in [0.05, 0.1) is 6.04 Å². The maximum absolute atomic E-state index is 13.5. The number of halogens is 1. The molecule has 6 heteroatoms. The number of hydrogen-bond acceptors (Lipinski definition) is 3. The Labute approximate surface area is 127 Å². The van der Waals surface area contributed by atoms with Crippen molar-refractivity contribution < 1.29 is 14.0 Å². The van der Waals surface area contributed by atoms with Gasteiger partial charge in [-0.3, -0.25) is 9.59 Å². The molecule has 2 aliphatic heterocycles. The van der Waals surface area contributed by atoms with Gasteiger partial charge in [-0.25, -0.2) is 4.39 Å². The zero-order valence-corrected chi connectivity index (χ0v) is 12.5. The summed E-state index contributed by atoms with van der Waals surface area (Å²) in [7, 11) is 0. The monoisotopic (exact) mass is 308 g/mol. The van der Waals surface area contributed by atoms with Crippen molar-refractivity contribution in [2.45, 2.75) is 25.4 Å². The molecule has 0 aliphatic carbocycles. The Bertz CT molecular complexity index is 581. The molecule has 0 unspecified atom stereocenters. The Hall–Kier alpha value is -1.56. The van der Waals surface area contributed by atoms with Crippen molar-refractivity contribution in [2.75, 3.05) is 12.3 Å². The predicted molar refractivity (Wildman–Crippen MR) is 79.4 cm³/mol. The van der Waals surface area contributed by atoms with Crippen LogP contribution in [0.3, 0.4) is 0 Å². The van der Waals surface area contributed by atoms with E-state index in [0.29, 0.717) is 12.3 Å². The molecule has 2 fully saturated rings. The Kier molecular flexibility index (Phi) is 3.89. The number of rotatable bonds is 2. The highest BCUT2D eigenvalue weighted by Gasteiger charge is 2.40. The normalized spacial score (nSPS) is 28.8. The molecule has 0 saturated carbocycles. The molecule has 1 aromatic rings. The minimum Gasteiger partial charge on any atom is -0.334 e. The van der Waals surface area contributed by atoms with E-state index in [2.05, 4.69) is 12.2 Å². The van der Waals surface area contributed by atoms with Gasteiger partial charge in [0.15, 0.2) is 0 Å². The lowest BCUT2D eigenvalue weighted by Gasteiger charge is -2.29. The second-order valence-corrected chi connectivity index (χ2v) is 6.59. The van der Waals surface area contributed by atoms with E-state index in [9.17, 15) is 14.0 Å². The molecular formula is C15H17FN2O2S. The minimum atomic E-state index is -0.455. The number of carbonyl (C=O) groups excluding carboxylic acids is 2. The van der Waals surface area contributed by atoms with Crippen LogP contribution >= 0.6 is 11.8 Å². The largest absolute Gasteiger partial charge is 0.334 e. The molecule has 1 N–H and O–H groups in total. The number of carbonyl (C=O) groups is 2. The first kappa shape index (κ1) is 14.4. The van der Waals surface area contributed by atoms with E-state index in [4.69, 9.17) is 0 Å². The topological polar surface area (TPSA) is 49.4 Å². The van der Waals surface area contributed by atoms with Gasteiger partial charge >= 0.3 is 0 Å². The summed E-state index contributed by atoms with van der Waals surface area (Å²) in [5.41, 5.74) is 0.824. The van der Waals surface area contributed by atoms with Gasteiger partial charge in [0, 0.05) is 12.3 Å². The fourth-order valence-electron chi connectivity index (χ4n) is 3.11. The highest BCUT2D eigenvalue weighted by atomic mass is 32.2. The molecule has 2 saturated heterocycles. The Morgan fingerprint density at radius 2 is 2.29 bits per heavy atom. The molecule has 4 nitrogen and oxygen atoms in total. The van der Waals surface area contributed by atoms with Crippen LogP contribution in [0.2, 0.25) is 0 Å². The Morgan fingerprint density at radius 1 is 1.48 bits per heavy atom. The molecule has 3 atom stereocenters. The third-order valence-corrected chi connectivity index (χ3v) is 5.02. The van der Waals surface area contributed by atoms with E-state index < -0.39 is 6.04 Å².